The lowest BCUT2D eigenvalue weighted by Gasteiger charge is -2.36. The zero-order valence-corrected chi connectivity index (χ0v) is 15.4. The first-order valence-electron chi connectivity index (χ1n) is 7.68. The van der Waals surface area contributed by atoms with E-state index in [1.54, 1.807) is 7.11 Å². The summed E-state index contributed by atoms with van der Waals surface area (Å²) in [6.07, 6.45) is 1.23. The molecule has 1 aromatic carbocycles. The Morgan fingerprint density at radius 3 is 2.62 bits per heavy atom. The fourth-order valence-corrected chi connectivity index (χ4v) is 6.35. The molecule has 0 amide bonds. The Morgan fingerprint density at radius 1 is 1.29 bits per heavy atom. The van der Waals surface area contributed by atoms with E-state index in [9.17, 15) is 0 Å². The number of methoxy groups -OCH3 is 1. The topological polar surface area (TPSA) is 21.3 Å². The smallest absolute Gasteiger partial charge is 0.126 e. The second-order valence-electron chi connectivity index (χ2n) is 5.55. The van der Waals surface area contributed by atoms with Gasteiger partial charge >= 0.3 is 0 Å². The molecule has 1 heterocycles. The fraction of sp³-hybridized carbons (Fsp3) is 0.647. The lowest BCUT2D eigenvalue weighted by atomic mass is 9.95. The van der Waals surface area contributed by atoms with E-state index in [1.807, 2.05) is 0 Å². The SMILES string of the molecule is CCC1SCCSC1C(NC)c1ccc(C)c(C)c1OC. The molecular formula is C17H27NOS2. The van der Waals surface area contributed by atoms with Gasteiger partial charge in [0.15, 0.2) is 0 Å². The minimum absolute atomic E-state index is 0.349. The van der Waals surface area contributed by atoms with Crippen LogP contribution in [0.4, 0.5) is 0 Å². The average molecular weight is 326 g/mol. The van der Waals surface area contributed by atoms with Crippen molar-refractivity contribution in [3.8, 4) is 5.75 Å². The summed E-state index contributed by atoms with van der Waals surface area (Å²) in [5.74, 6) is 3.58. The molecule has 0 spiro atoms. The summed E-state index contributed by atoms with van der Waals surface area (Å²) in [6, 6.07) is 4.82. The highest BCUT2D eigenvalue weighted by Crippen LogP contribution is 2.43. The average Bonchev–Trinajstić information content (AvgIpc) is 2.52. The molecule has 0 aliphatic carbocycles. The number of hydrogen-bond acceptors (Lipinski definition) is 4. The molecule has 21 heavy (non-hydrogen) atoms. The van der Waals surface area contributed by atoms with Gasteiger partial charge in [0.1, 0.15) is 5.75 Å². The zero-order chi connectivity index (χ0) is 15.4. The van der Waals surface area contributed by atoms with Gasteiger partial charge in [0.05, 0.1) is 7.11 Å². The molecule has 2 rings (SSSR count). The Balaban J connectivity index is 2.39. The van der Waals surface area contributed by atoms with Gasteiger partial charge in [-0.15, -0.1) is 0 Å². The lowest BCUT2D eigenvalue weighted by Crippen LogP contribution is -2.37. The second-order valence-corrected chi connectivity index (χ2v) is 8.18. The fourth-order valence-electron chi connectivity index (χ4n) is 3.07. The van der Waals surface area contributed by atoms with E-state index in [1.165, 1.54) is 34.6 Å². The van der Waals surface area contributed by atoms with Crippen LogP contribution in [0.2, 0.25) is 0 Å². The van der Waals surface area contributed by atoms with Crippen LogP contribution in [0.5, 0.6) is 5.75 Å². The maximum Gasteiger partial charge on any atom is 0.126 e. The van der Waals surface area contributed by atoms with E-state index in [-0.39, 0.29) is 0 Å². The largest absolute Gasteiger partial charge is 0.496 e. The molecule has 0 bridgehead atoms. The summed E-state index contributed by atoms with van der Waals surface area (Å²) in [5, 5.41) is 4.88. The Morgan fingerprint density at radius 2 is 2.00 bits per heavy atom. The number of benzene rings is 1. The molecule has 1 N–H and O–H groups in total. The lowest BCUT2D eigenvalue weighted by molar-refractivity contribution is 0.395. The van der Waals surface area contributed by atoms with E-state index in [4.69, 9.17) is 4.74 Å². The summed E-state index contributed by atoms with van der Waals surface area (Å²) in [4.78, 5) is 0. The van der Waals surface area contributed by atoms with E-state index < -0.39 is 0 Å². The van der Waals surface area contributed by atoms with Crippen LogP contribution in [0.3, 0.4) is 0 Å². The molecule has 0 radical (unpaired) electrons. The molecule has 1 aromatic rings. The molecule has 1 fully saturated rings. The van der Waals surface area contributed by atoms with Gasteiger partial charge in [-0.1, -0.05) is 19.1 Å². The number of ether oxygens (including phenoxy) is 1. The molecule has 0 aromatic heterocycles. The van der Waals surface area contributed by atoms with Gasteiger partial charge in [-0.05, 0) is 38.4 Å². The van der Waals surface area contributed by atoms with Crippen LogP contribution in [0.15, 0.2) is 12.1 Å². The van der Waals surface area contributed by atoms with Crippen LogP contribution < -0.4 is 10.1 Å². The monoisotopic (exact) mass is 325 g/mol. The van der Waals surface area contributed by atoms with Crippen molar-refractivity contribution in [2.24, 2.45) is 0 Å². The number of hydrogen-bond donors (Lipinski definition) is 1. The summed E-state index contributed by atoms with van der Waals surface area (Å²) in [5.41, 5.74) is 3.86. The van der Waals surface area contributed by atoms with Crippen molar-refractivity contribution in [2.75, 3.05) is 25.7 Å². The molecule has 0 saturated carbocycles. The molecule has 118 valence electrons. The molecule has 1 aliphatic rings. The van der Waals surface area contributed by atoms with Crippen molar-refractivity contribution in [1.29, 1.82) is 0 Å². The van der Waals surface area contributed by atoms with Crippen molar-refractivity contribution in [2.45, 2.75) is 43.7 Å². The maximum atomic E-state index is 5.74. The van der Waals surface area contributed by atoms with E-state index >= 15 is 0 Å². The summed E-state index contributed by atoms with van der Waals surface area (Å²) >= 11 is 4.24. The Labute approximate surface area is 137 Å². The third-order valence-electron chi connectivity index (χ3n) is 4.38. The number of nitrogens with one attached hydrogen (secondary N) is 1. The molecule has 3 unspecified atom stereocenters. The van der Waals surface area contributed by atoms with Crippen molar-refractivity contribution in [3.63, 3.8) is 0 Å². The third-order valence-corrected chi connectivity index (χ3v) is 7.73. The Hall–Kier alpha value is -0.320. The van der Waals surface area contributed by atoms with Crippen LogP contribution in [-0.2, 0) is 0 Å². The first-order valence-corrected chi connectivity index (χ1v) is 9.78. The summed E-state index contributed by atoms with van der Waals surface area (Å²) in [6.45, 7) is 6.61. The van der Waals surface area contributed by atoms with Crippen LogP contribution in [0.25, 0.3) is 0 Å². The zero-order valence-electron chi connectivity index (χ0n) is 13.7. The highest BCUT2D eigenvalue weighted by Gasteiger charge is 2.33. The van der Waals surface area contributed by atoms with E-state index in [0.717, 1.165) is 5.75 Å². The van der Waals surface area contributed by atoms with E-state index in [0.29, 0.717) is 16.5 Å². The first kappa shape index (κ1) is 17.0. The van der Waals surface area contributed by atoms with Gasteiger partial charge in [-0.25, -0.2) is 0 Å². The minimum atomic E-state index is 0.349. The van der Waals surface area contributed by atoms with Crippen molar-refractivity contribution in [1.82, 2.24) is 5.32 Å². The summed E-state index contributed by atoms with van der Waals surface area (Å²) < 4.78 is 5.74. The van der Waals surface area contributed by atoms with Crippen molar-refractivity contribution >= 4 is 23.5 Å². The normalized spacial score (nSPS) is 23.9. The standard InChI is InChI=1S/C17H27NOS2/c1-6-14-17(21-10-9-20-14)15(18-4)13-8-7-11(2)12(3)16(13)19-5/h7-8,14-15,17-18H,6,9-10H2,1-5H3. The van der Waals surface area contributed by atoms with Gasteiger partial charge in [-0.3, -0.25) is 0 Å². The Bertz CT molecular complexity index is 478. The highest BCUT2D eigenvalue weighted by molar-refractivity contribution is 8.07. The van der Waals surface area contributed by atoms with Crippen LogP contribution in [0.1, 0.15) is 36.1 Å². The molecule has 4 heteroatoms. The quantitative estimate of drug-likeness (QED) is 0.875. The summed E-state index contributed by atoms with van der Waals surface area (Å²) in [7, 11) is 3.86. The van der Waals surface area contributed by atoms with Crippen molar-refractivity contribution < 1.29 is 4.74 Å². The van der Waals surface area contributed by atoms with Gasteiger partial charge in [0.2, 0.25) is 0 Å². The van der Waals surface area contributed by atoms with Gasteiger partial charge < -0.3 is 10.1 Å². The predicted molar refractivity (Wildman–Crippen MR) is 97.1 cm³/mol. The number of thioether (sulfide) groups is 2. The van der Waals surface area contributed by atoms with Crippen LogP contribution in [-0.4, -0.2) is 36.2 Å². The highest BCUT2D eigenvalue weighted by atomic mass is 32.2. The van der Waals surface area contributed by atoms with Gasteiger partial charge in [0, 0.05) is 33.6 Å². The molecule has 1 aliphatic heterocycles. The number of aryl methyl sites for hydroxylation is 1. The maximum absolute atomic E-state index is 5.74. The predicted octanol–water partition coefficient (Wildman–Crippen LogP) is 4.20. The molecule has 3 atom stereocenters. The van der Waals surface area contributed by atoms with Crippen LogP contribution >= 0.6 is 23.5 Å². The molecule has 1 saturated heterocycles. The number of rotatable bonds is 5. The van der Waals surface area contributed by atoms with Gasteiger partial charge in [-0.2, -0.15) is 23.5 Å². The molecule has 2 nitrogen and oxygen atoms in total. The van der Waals surface area contributed by atoms with Crippen molar-refractivity contribution in [3.05, 3.63) is 28.8 Å². The second kappa shape index (κ2) is 7.80. The first-order chi connectivity index (χ1) is 10.1. The Kier molecular flexibility index (Phi) is 6.33. The molecular weight excluding hydrogens is 298 g/mol. The minimum Gasteiger partial charge on any atom is -0.496 e. The van der Waals surface area contributed by atoms with Gasteiger partial charge in [0.25, 0.3) is 0 Å². The van der Waals surface area contributed by atoms with E-state index in [2.05, 4.69) is 68.8 Å². The van der Waals surface area contributed by atoms with Crippen LogP contribution in [0, 0.1) is 13.8 Å². The third kappa shape index (κ3) is 3.54.